The van der Waals surface area contributed by atoms with Gasteiger partial charge in [-0.3, -0.25) is 0 Å². The molecule has 9 heteroatoms. The number of hydrogen-bond donors (Lipinski definition) is 0. The van der Waals surface area contributed by atoms with E-state index in [9.17, 15) is 8.78 Å². The molecule has 0 bridgehead atoms. The molecule has 3 rings (SSSR count). The summed E-state index contributed by atoms with van der Waals surface area (Å²) >= 11 is 5.78. The minimum Gasteiger partial charge on any atom is -0.414 e. The molecule has 0 unspecified atom stereocenters. The van der Waals surface area contributed by atoms with Gasteiger partial charge in [-0.25, -0.2) is 19.9 Å². The van der Waals surface area contributed by atoms with E-state index < -0.39 is 6.61 Å². The molecule has 0 saturated heterocycles. The predicted molar refractivity (Wildman–Crippen MR) is 80.6 cm³/mol. The van der Waals surface area contributed by atoms with E-state index in [0.717, 1.165) is 0 Å². The van der Waals surface area contributed by atoms with Crippen LogP contribution < -0.4 is 4.74 Å². The number of pyridine rings is 1. The van der Waals surface area contributed by atoms with Crippen molar-refractivity contribution in [2.45, 2.75) is 26.5 Å². The maximum atomic E-state index is 12.7. The second-order valence-electron chi connectivity index (χ2n) is 5.02. The van der Waals surface area contributed by atoms with Crippen molar-refractivity contribution < 1.29 is 13.5 Å². The normalized spacial score (nSPS) is 11.6. The number of fused-ring (bicyclic) bond motifs is 1. The summed E-state index contributed by atoms with van der Waals surface area (Å²) in [6.45, 7) is 0.909. The Kier molecular flexibility index (Phi) is 4.08. The molecular weight excluding hydrogens is 328 g/mol. The topological polar surface area (TPSA) is 65.7 Å². The zero-order chi connectivity index (χ0) is 16.6. The molecule has 0 N–H and O–H groups in total. The van der Waals surface area contributed by atoms with Crippen LogP contribution in [0.1, 0.15) is 19.9 Å². The first-order valence-corrected chi connectivity index (χ1v) is 7.15. The average Bonchev–Trinajstić information content (AvgIpc) is 2.91. The third-order valence-electron chi connectivity index (χ3n) is 3.18. The fraction of sp³-hybridized carbons (Fsp3) is 0.286. The summed E-state index contributed by atoms with van der Waals surface area (Å²) in [6, 6.07) is 3.38. The molecule has 0 fully saturated rings. The second kappa shape index (κ2) is 6.04. The Balaban J connectivity index is 2.24. The van der Waals surface area contributed by atoms with Crippen molar-refractivity contribution in [2.75, 3.05) is 0 Å². The van der Waals surface area contributed by atoms with Crippen LogP contribution in [0.15, 0.2) is 24.7 Å². The van der Waals surface area contributed by atoms with E-state index >= 15 is 0 Å². The van der Waals surface area contributed by atoms with Crippen LogP contribution in [-0.2, 0) is 0 Å². The van der Waals surface area contributed by atoms with Crippen molar-refractivity contribution in [1.29, 1.82) is 0 Å². The Morgan fingerprint density at radius 2 is 1.96 bits per heavy atom. The molecule has 0 atom stereocenters. The first-order valence-electron chi connectivity index (χ1n) is 6.77. The van der Waals surface area contributed by atoms with Crippen molar-refractivity contribution in [3.05, 3.63) is 29.9 Å². The molecule has 6 nitrogen and oxygen atoms in total. The first kappa shape index (κ1) is 15.5. The third kappa shape index (κ3) is 3.07. The Hall–Kier alpha value is -2.35. The molecule has 0 spiro atoms. The minimum absolute atomic E-state index is 0.0399. The number of ether oxygens (including phenoxy) is 1. The van der Waals surface area contributed by atoms with Crippen LogP contribution >= 0.6 is 11.6 Å². The Bertz CT molecular complexity index is 852. The van der Waals surface area contributed by atoms with Gasteiger partial charge in [0.15, 0.2) is 5.52 Å². The molecule has 120 valence electrons. The highest BCUT2D eigenvalue weighted by Crippen LogP contribution is 2.30. The van der Waals surface area contributed by atoms with Crippen LogP contribution in [0.2, 0.25) is 5.28 Å². The number of alkyl halides is 2. The van der Waals surface area contributed by atoms with Gasteiger partial charge in [0.2, 0.25) is 11.2 Å². The fourth-order valence-corrected chi connectivity index (χ4v) is 2.34. The summed E-state index contributed by atoms with van der Waals surface area (Å²) in [7, 11) is 0. The molecule has 23 heavy (non-hydrogen) atoms. The van der Waals surface area contributed by atoms with Crippen molar-refractivity contribution in [2.24, 2.45) is 0 Å². The highest BCUT2D eigenvalue weighted by molar-refractivity contribution is 6.28. The van der Waals surface area contributed by atoms with Gasteiger partial charge in [0.05, 0.1) is 23.2 Å². The van der Waals surface area contributed by atoms with Crippen molar-refractivity contribution in [1.82, 2.24) is 24.5 Å². The number of hydrogen-bond acceptors (Lipinski definition) is 5. The number of aromatic nitrogens is 5. The average molecular weight is 340 g/mol. The van der Waals surface area contributed by atoms with Crippen molar-refractivity contribution in [3.8, 4) is 17.3 Å². The molecular formula is C14H12ClF2N5O. The molecule has 0 aliphatic carbocycles. The van der Waals surface area contributed by atoms with Crippen LogP contribution in [0.5, 0.6) is 5.88 Å². The van der Waals surface area contributed by atoms with Gasteiger partial charge < -0.3 is 9.30 Å². The third-order valence-corrected chi connectivity index (χ3v) is 3.36. The quantitative estimate of drug-likeness (QED) is 0.678. The maximum Gasteiger partial charge on any atom is 0.388 e. The molecule has 0 amide bonds. The number of halogens is 3. The van der Waals surface area contributed by atoms with Crippen molar-refractivity contribution >= 4 is 22.6 Å². The maximum absolute atomic E-state index is 12.7. The predicted octanol–water partition coefficient (Wildman–Crippen LogP) is 3.72. The molecule has 3 aromatic rings. The summed E-state index contributed by atoms with van der Waals surface area (Å²) in [5, 5.41) is 0.0399. The molecule has 3 aromatic heterocycles. The van der Waals surface area contributed by atoms with E-state index in [1.807, 2.05) is 18.4 Å². The van der Waals surface area contributed by atoms with Crippen LogP contribution in [0, 0.1) is 0 Å². The fourth-order valence-electron chi connectivity index (χ4n) is 2.19. The summed E-state index contributed by atoms with van der Waals surface area (Å²) in [5.41, 5.74) is 1.64. The molecule has 0 saturated carbocycles. The Labute approximate surface area is 135 Å². The van der Waals surface area contributed by atoms with E-state index in [-0.39, 0.29) is 22.7 Å². The number of rotatable bonds is 4. The summed E-state index contributed by atoms with van der Waals surface area (Å²) < 4.78 is 31.7. The molecule has 0 aromatic carbocycles. The van der Waals surface area contributed by atoms with E-state index in [4.69, 9.17) is 11.6 Å². The van der Waals surface area contributed by atoms with Gasteiger partial charge in [0.1, 0.15) is 0 Å². The van der Waals surface area contributed by atoms with Crippen LogP contribution in [0.4, 0.5) is 8.78 Å². The molecule has 0 radical (unpaired) electrons. The summed E-state index contributed by atoms with van der Waals surface area (Å²) in [6.07, 6.45) is 3.02. The van der Waals surface area contributed by atoms with E-state index in [1.165, 1.54) is 6.20 Å². The van der Waals surface area contributed by atoms with E-state index in [0.29, 0.717) is 16.9 Å². The van der Waals surface area contributed by atoms with Gasteiger partial charge in [-0.05, 0) is 37.6 Å². The lowest BCUT2D eigenvalue weighted by Gasteiger charge is -2.11. The molecule has 0 aliphatic heterocycles. The first-order chi connectivity index (χ1) is 11.0. The van der Waals surface area contributed by atoms with Gasteiger partial charge in [-0.2, -0.15) is 8.78 Å². The lowest BCUT2D eigenvalue weighted by atomic mass is 10.2. The largest absolute Gasteiger partial charge is 0.414 e. The zero-order valence-electron chi connectivity index (χ0n) is 12.2. The SMILES string of the molecule is CC(C)n1cnc2c(OC(F)F)nc(-c3ccnc(Cl)n3)cc21. The van der Waals surface area contributed by atoms with Gasteiger partial charge in [0, 0.05) is 12.2 Å². The number of imidazole rings is 1. The molecule has 3 heterocycles. The lowest BCUT2D eigenvalue weighted by Crippen LogP contribution is -2.06. The van der Waals surface area contributed by atoms with E-state index in [2.05, 4.69) is 24.7 Å². The van der Waals surface area contributed by atoms with Crippen LogP contribution in [0.25, 0.3) is 22.4 Å². The smallest absolute Gasteiger partial charge is 0.388 e. The second-order valence-corrected chi connectivity index (χ2v) is 5.35. The minimum atomic E-state index is -3.00. The summed E-state index contributed by atoms with van der Waals surface area (Å²) in [4.78, 5) is 16.1. The van der Waals surface area contributed by atoms with E-state index in [1.54, 1.807) is 18.5 Å². The Morgan fingerprint density at radius 3 is 2.61 bits per heavy atom. The van der Waals surface area contributed by atoms with Crippen LogP contribution in [0.3, 0.4) is 0 Å². The van der Waals surface area contributed by atoms with Gasteiger partial charge in [-0.1, -0.05) is 0 Å². The monoisotopic (exact) mass is 339 g/mol. The number of nitrogens with zero attached hydrogens (tertiary/aromatic N) is 5. The lowest BCUT2D eigenvalue weighted by molar-refractivity contribution is -0.0517. The van der Waals surface area contributed by atoms with Crippen molar-refractivity contribution in [3.63, 3.8) is 0 Å². The summed E-state index contributed by atoms with van der Waals surface area (Å²) in [5.74, 6) is -0.248. The van der Waals surface area contributed by atoms with Gasteiger partial charge in [0.25, 0.3) is 0 Å². The zero-order valence-corrected chi connectivity index (χ0v) is 13.0. The van der Waals surface area contributed by atoms with Crippen LogP contribution in [-0.4, -0.2) is 31.1 Å². The Morgan fingerprint density at radius 1 is 1.17 bits per heavy atom. The highest BCUT2D eigenvalue weighted by atomic mass is 35.5. The molecule has 0 aliphatic rings. The standard InChI is InChI=1S/C14H12ClF2N5O/c1-7(2)22-6-19-11-10(22)5-9(20-12(11)23-14(16)17)8-3-4-18-13(15)21-8/h3-7,14H,1-2H3. The van der Waals surface area contributed by atoms with Gasteiger partial charge in [-0.15, -0.1) is 0 Å². The van der Waals surface area contributed by atoms with Gasteiger partial charge >= 0.3 is 6.61 Å². The highest BCUT2D eigenvalue weighted by Gasteiger charge is 2.18.